The molecule has 4 aliphatic rings. The van der Waals surface area contributed by atoms with Crippen LogP contribution < -0.4 is 10.2 Å². The minimum Gasteiger partial charge on any atom is -0.324 e. The highest BCUT2D eigenvalue weighted by Gasteiger charge is 2.74. The lowest BCUT2D eigenvalue weighted by atomic mass is 9.75. The van der Waals surface area contributed by atoms with E-state index in [9.17, 15) is 14.4 Å². The van der Waals surface area contributed by atoms with Gasteiger partial charge in [0, 0.05) is 16.6 Å². The third kappa shape index (κ3) is 1.92. The second kappa shape index (κ2) is 5.93. The van der Waals surface area contributed by atoms with Crippen molar-refractivity contribution in [1.29, 1.82) is 0 Å². The molecule has 0 aromatic heterocycles. The lowest BCUT2D eigenvalue weighted by Gasteiger charge is -2.36. The van der Waals surface area contributed by atoms with Crippen molar-refractivity contribution in [3.05, 3.63) is 58.6 Å². The summed E-state index contributed by atoms with van der Waals surface area (Å²) in [5.74, 6) is -1.97. The van der Waals surface area contributed by atoms with Gasteiger partial charge in [0.1, 0.15) is 5.54 Å². The van der Waals surface area contributed by atoms with Gasteiger partial charge in [-0.1, -0.05) is 35.9 Å². The average Bonchev–Trinajstić information content (AvgIpc) is 3.44. The molecular formula is C23H20ClN3O3. The number of hydrogen-bond acceptors (Lipinski definition) is 4. The molecule has 7 heteroatoms. The van der Waals surface area contributed by atoms with Crippen LogP contribution in [0.1, 0.15) is 24.0 Å². The van der Waals surface area contributed by atoms with E-state index in [1.165, 1.54) is 4.90 Å². The summed E-state index contributed by atoms with van der Waals surface area (Å²) in [6.07, 6.45) is 1.71. The number of carbonyl (C=O) groups excluding carboxylic acids is 3. The normalized spacial score (nSPS) is 32.0. The van der Waals surface area contributed by atoms with E-state index in [0.717, 1.165) is 24.0 Å². The van der Waals surface area contributed by atoms with Crippen molar-refractivity contribution in [2.45, 2.75) is 31.3 Å². The van der Waals surface area contributed by atoms with Gasteiger partial charge in [0.15, 0.2) is 0 Å². The van der Waals surface area contributed by atoms with E-state index < -0.39 is 17.4 Å². The lowest BCUT2D eigenvalue weighted by molar-refractivity contribution is -0.135. The topological polar surface area (TPSA) is 69.7 Å². The number of rotatable bonds is 1. The van der Waals surface area contributed by atoms with Gasteiger partial charge in [-0.15, -0.1) is 0 Å². The highest BCUT2D eigenvalue weighted by atomic mass is 35.5. The average molecular weight is 422 g/mol. The molecule has 3 fully saturated rings. The Labute approximate surface area is 178 Å². The van der Waals surface area contributed by atoms with Crippen LogP contribution in [0.5, 0.6) is 0 Å². The van der Waals surface area contributed by atoms with Crippen molar-refractivity contribution in [1.82, 2.24) is 4.90 Å². The van der Waals surface area contributed by atoms with Gasteiger partial charge in [-0.2, -0.15) is 0 Å². The molecule has 0 aliphatic carbocycles. The molecule has 2 aromatic carbocycles. The van der Waals surface area contributed by atoms with E-state index in [1.807, 2.05) is 31.2 Å². The molecule has 6 nitrogen and oxygen atoms in total. The lowest BCUT2D eigenvalue weighted by Crippen LogP contribution is -2.54. The van der Waals surface area contributed by atoms with Crippen LogP contribution in [0.2, 0.25) is 5.02 Å². The molecule has 0 radical (unpaired) electrons. The molecule has 0 bridgehead atoms. The number of anilines is 2. The zero-order valence-corrected chi connectivity index (χ0v) is 17.1. The van der Waals surface area contributed by atoms with Crippen molar-refractivity contribution in [2.24, 2.45) is 11.8 Å². The number of amides is 3. The van der Waals surface area contributed by atoms with Crippen molar-refractivity contribution < 1.29 is 14.4 Å². The van der Waals surface area contributed by atoms with Crippen LogP contribution in [-0.4, -0.2) is 35.2 Å². The summed E-state index contributed by atoms with van der Waals surface area (Å²) in [4.78, 5) is 44.3. The maximum Gasteiger partial charge on any atom is 0.250 e. The van der Waals surface area contributed by atoms with Gasteiger partial charge >= 0.3 is 0 Å². The van der Waals surface area contributed by atoms with Crippen molar-refractivity contribution in [3.63, 3.8) is 0 Å². The van der Waals surface area contributed by atoms with Gasteiger partial charge < -0.3 is 5.32 Å². The maximum atomic E-state index is 13.8. The van der Waals surface area contributed by atoms with E-state index in [1.54, 1.807) is 18.2 Å². The number of fused-ring (bicyclic) bond motifs is 7. The molecule has 0 unspecified atom stereocenters. The summed E-state index contributed by atoms with van der Waals surface area (Å²) in [7, 11) is 0. The highest BCUT2D eigenvalue weighted by Crippen LogP contribution is 2.61. The fourth-order valence-electron chi connectivity index (χ4n) is 6.22. The van der Waals surface area contributed by atoms with E-state index in [4.69, 9.17) is 11.6 Å². The molecule has 30 heavy (non-hydrogen) atoms. The zero-order chi connectivity index (χ0) is 20.8. The molecule has 3 amide bonds. The second-order valence-corrected chi connectivity index (χ2v) is 8.98. The van der Waals surface area contributed by atoms with E-state index in [2.05, 4.69) is 10.2 Å². The number of nitrogens with zero attached hydrogens (tertiary/aromatic N) is 2. The van der Waals surface area contributed by atoms with Gasteiger partial charge in [0.05, 0.1) is 23.2 Å². The third-order valence-corrected chi connectivity index (χ3v) is 7.79. The first kappa shape index (κ1) is 18.1. The zero-order valence-electron chi connectivity index (χ0n) is 16.4. The molecule has 4 atom stereocenters. The minimum absolute atomic E-state index is 0.118. The van der Waals surface area contributed by atoms with Gasteiger partial charge in [-0.3, -0.25) is 19.3 Å². The minimum atomic E-state index is -1.16. The van der Waals surface area contributed by atoms with Crippen molar-refractivity contribution >= 4 is 40.7 Å². The largest absolute Gasteiger partial charge is 0.324 e. The summed E-state index contributed by atoms with van der Waals surface area (Å²) in [6, 6.07) is 12.5. The first-order valence-corrected chi connectivity index (χ1v) is 10.7. The molecule has 2 aromatic rings. The molecular weight excluding hydrogens is 402 g/mol. The molecule has 0 saturated carbocycles. The summed E-state index contributed by atoms with van der Waals surface area (Å²) in [5.41, 5.74) is 1.64. The second-order valence-electron chi connectivity index (χ2n) is 8.57. The number of hydrogen-bond donors (Lipinski definition) is 1. The van der Waals surface area contributed by atoms with Crippen LogP contribution in [0, 0.1) is 18.8 Å². The molecule has 3 saturated heterocycles. The Morgan fingerprint density at radius 2 is 1.83 bits per heavy atom. The number of halogens is 1. The Balaban J connectivity index is 1.59. The standard InChI is InChI=1S/C23H20ClN3O3/c1-12-15(24)10-9-14-19(12)25-22(30)23(14)18-17(16-8-5-11-26(16)23)20(28)27(21(18)29)13-6-3-2-4-7-13/h2-4,6-7,9-10,16-18H,5,8,11H2,1H3,(H,25,30)/t16-,17-,18-,23+/m1/s1. The van der Waals surface area contributed by atoms with Crippen LogP contribution in [0.15, 0.2) is 42.5 Å². The Kier molecular flexibility index (Phi) is 3.58. The molecule has 4 aliphatic heterocycles. The first-order valence-electron chi connectivity index (χ1n) is 10.3. The van der Waals surface area contributed by atoms with E-state index in [-0.39, 0.29) is 23.8 Å². The van der Waals surface area contributed by atoms with Gasteiger partial charge in [0.2, 0.25) is 17.7 Å². The molecule has 1 N–H and O–H groups in total. The Morgan fingerprint density at radius 1 is 1.07 bits per heavy atom. The van der Waals surface area contributed by atoms with Gasteiger partial charge in [0.25, 0.3) is 0 Å². The molecule has 1 spiro atoms. The van der Waals surface area contributed by atoms with E-state index >= 15 is 0 Å². The first-order chi connectivity index (χ1) is 14.5. The Bertz CT molecular complexity index is 1130. The van der Waals surface area contributed by atoms with E-state index in [0.29, 0.717) is 22.9 Å². The Morgan fingerprint density at radius 3 is 2.60 bits per heavy atom. The van der Waals surface area contributed by atoms with Crippen LogP contribution >= 0.6 is 11.6 Å². The van der Waals surface area contributed by atoms with Crippen LogP contribution in [0.25, 0.3) is 0 Å². The number of imide groups is 1. The predicted octanol–water partition coefficient (Wildman–Crippen LogP) is 3.08. The highest BCUT2D eigenvalue weighted by molar-refractivity contribution is 6.32. The number of para-hydroxylation sites is 1. The smallest absolute Gasteiger partial charge is 0.250 e. The van der Waals surface area contributed by atoms with Crippen molar-refractivity contribution in [3.8, 4) is 0 Å². The quantitative estimate of drug-likeness (QED) is 0.718. The number of carbonyl (C=O) groups is 3. The molecule has 6 rings (SSSR count). The van der Waals surface area contributed by atoms with Crippen molar-refractivity contribution in [2.75, 3.05) is 16.8 Å². The summed E-state index contributed by atoms with van der Waals surface area (Å²) < 4.78 is 0. The summed E-state index contributed by atoms with van der Waals surface area (Å²) >= 11 is 6.32. The fraction of sp³-hybridized carbons (Fsp3) is 0.348. The Hall–Kier alpha value is -2.70. The fourth-order valence-corrected chi connectivity index (χ4v) is 6.38. The van der Waals surface area contributed by atoms with Crippen LogP contribution in [0.4, 0.5) is 11.4 Å². The molecule has 4 heterocycles. The monoisotopic (exact) mass is 421 g/mol. The maximum absolute atomic E-state index is 13.8. The predicted molar refractivity (Wildman–Crippen MR) is 112 cm³/mol. The van der Waals surface area contributed by atoms with Gasteiger partial charge in [-0.05, 0) is 50.1 Å². The number of benzene rings is 2. The summed E-state index contributed by atoms with van der Waals surface area (Å²) in [6.45, 7) is 2.56. The molecule has 152 valence electrons. The third-order valence-electron chi connectivity index (χ3n) is 7.38. The number of nitrogens with one attached hydrogen (secondary N) is 1. The summed E-state index contributed by atoms with van der Waals surface area (Å²) in [5, 5.41) is 3.58. The SMILES string of the molecule is Cc1c(Cl)ccc2c1NC(=O)[C@@]21[C@H]2C(=O)N(c3ccccc3)C(=O)[C@@H]2[C@H]2CCCN21. The van der Waals surface area contributed by atoms with Crippen LogP contribution in [-0.2, 0) is 19.9 Å². The van der Waals surface area contributed by atoms with Gasteiger partial charge in [-0.25, -0.2) is 4.90 Å². The van der Waals surface area contributed by atoms with Crippen LogP contribution in [0.3, 0.4) is 0 Å².